The quantitative estimate of drug-likeness (QED) is 0.710. The number of Topliss-reactive ketones (excluding diaryl/α,β-unsaturated/α-hetero) is 2. The van der Waals surface area contributed by atoms with Gasteiger partial charge in [-0.2, -0.15) is 0 Å². The van der Waals surface area contributed by atoms with Crippen molar-refractivity contribution >= 4 is 17.6 Å². The molecule has 24 heavy (non-hydrogen) atoms. The van der Waals surface area contributed by atoms with E-state index < -0.39 is 5.92 Å². The molecule has 0 aliphatic carbocycles. The number of benzene rings is 2. The van der Waals surface area contributed by atoms with Crippen molar-refractivity contribution in [3.8, 4) is 0 Å². The van der Waals surface area contributed by atoms with Crippen LogP contribution in [0.5, 0.6) is 0 Å². The van der Waals surface area contributed by atoms with Crippen molar-refractivity contribution in [1.29, 1.82) is 0 Å². The lowest BCUT2D eigenvalue weighted by atomic mass is 9.80. The second kappa shape index (κ2) is 7.87. The molecule has 0 unspecified atom stereocenters. The predicted octanol–water partition coefficient (Wildman–Crippen LogP) is 4.89. The molecule has 124 valence electrons. The van der Waals surface area contributed by atoms with Crippen LogP contribution in [-0.2, 0) is 9.59 Å². The van der Waals surface area contributed by atoms with Crippen LogP contribution in [0.2, 0.25) is 0 Å². The zero-order valence-electron chi connectivity index (χ0n) is 14.7. The van der Waals surface area contributed by atoms with Crippen LogP contribution >= 0.6 is 0 Å². The highest BCUT2D eigenvalue weighted by molar-refractivity contribution is 6.01. The summed E-state index contributed by atoms with van der Waals surface area (Å²) in [6.07, 6.45) is 3.96. The Labute approximate surface area is 144 Å². The summed E-state index contributed by atoms with van der Waals surface area (Å²) in [6, 6.07) is 16.2. The zero-order chi connectivity index (χ0) is 17.7. The van der Waals surface area contributed by atoms with Gasteiger partial charge in [0.2, 0.25) is 0 Å². The number of allylic oxidation sites excluding steroid dienone is 1. The van der Waals surface area contributed by atoms with Crippen molar-refractivity contribution in [3.63, 3.8) is 0 Å². The maximum absolute atomic E-state index is 12.1. The standard InChI is InChI=1S/C22H24O2/c1-15-5-9-19(10-6-15)11-14-21(22(17(3)23)18(4)24)20-12-7-16(2)8-13-20/h5-14,21-22H,1-4H3/b14-11+/t21-/m0/s1. The lowest BCUT2D eigenvalue weighted by Gasteiger charge is -2.21. The maximum atomic E-state index is 12.1. The van der Waals surface area contributed by atoms with Gasteiger partial charge < -0.3 is 0 Å². The van der Waals surface area contributed by atoms with E-state index in [0.717, 1.165) is 16.7 Å². The molecule has 0 aromatic heterocycles. The smallest absolute Gasteiger partial charge is 0.141 e. The molecule has 0 saturated carbocycles. The Kier molecular flexibility index (Phi) is 5.86. The van der Waals surface area contributed by atoms with Crippen LogP contribution in [0.15, 0.2) is 54.6 Å². The molecule has 0 spiro atoms. The molecule has 2 heteroatoms. The number of ketones is 2. The molecule has 0 aliphatic rings. The van der Waals surface area contributed by atoms with Crippen molar-refractivity contribution in [2.45, 2.75) is 33.6 Å². The molecule has 2 aromatic rings. The highest BCUT2D eigenvalue weighted by atomic mass is 16.1. The van der Waals surface area contributed by atoms with E-state index in [4.69, 9.17) is 0 Å². The third-order valence-corrected chi connectivity index (χ3v) is 4.27. The zero-order valence-corrected chi connectivity index (χ0v) is 14.7. The maximum Gasteiger partial charge on any atom is 0.141 e. The van der Waals surface area contributed by atoms with Crippen LogP contribution in [0, 0.1) is 19.8 Å². The topological polar surface area (TPSA) is 34.1 Å². The predicted molar refractivity (Wildman–Crippen MR) is 99.0 cm³/mol. The number of hydrogen-bond donors (Lipinski definition) is 0. The Balaban J connectivity index is 2.41. The van der Waals surface area contributed by atoms with Gasteiger partial charge in [0.25, 0.3) is 0 Å². The minimum absolute atomic E-state index is 0.0957. The first-order chi connectivity index (χ1) is 11.4. The van der Waals surface area contributed by atoms with Crippen molar-refractivity contribution in [3.05, 3.63) is 76.9 Å². The second-order valence-electron chi connectivity index (χ2n) is 6.41. The molecule has 0 heterocycles. The number of rotatable bonds is 6. The summed E-state index contributed by atoms with van der Waals surface area (Å²) >= 11 is 0. The van der Waals surface area contributed by atoms with E-state index >= 15 is 0 Å². The minimum Gasteiger partial charge on any atom is -0.299 e. The molecule has 0 fully saturated rings. The first-order valence-corrected chi connectivity index (χ1v) is 8.21. The van der Waals surface area contributed by atoms with Gasteiger partial charge in [0.15, 0.2) is 0 Å². The molecule has 0 N–H and O–H groups in total. The van der Waals surface area contributed by atoms with Gasteiger partial charge >= 0.3 is 0 Å². The molecule has 0 bridgehead atoms. The molecule has 0 saturated heterocycles. The highest BCUT2D eigenvalue weighted by Gasteiger charge is 2.29. The number of carbonyl (C=O) groups excluding carboxylic acids is 2. The molecule has 0 aliphatic heterocycles. The highest BCUT2D eigenvalue weighted by Crippen LogP contribution is 2.29. The molecule has 2 nitrogen and oxygen atoms in total. The van der Waals surface area contributed by atoms with Gasteiger partial charge in [-0.1, -0.05) is 71.8 Å². The van der Waals surface area contributed by atoms with E-state index in [1.165, 1.54) is 19.4 Å². The van der Waals surface area contributed by atoms with E-state index in [0.29, 0.717) is 0 Å². The van der Waals surface area contributed by atoms with Crippen molar-refractivity contribution < 1.29 is 9.59 Å². The Morgan fingerprint density at radius 1 is 0.792 bits per heavy atom. The Hall–Kier alpha value is -2.48. The van der Waals surface area contributed by atoms with Crippen molar-refractivity contribution in [2.75, 3.05) is 0 Å². The van der Waals surface area contributed by atoms with Crippen LogP contribution in [0.25, 0.3) is 6.08 Å². The van der Waals surface area contributed by atoms with E-state index in [1.807, 2.05) is 74.5 Å². The SMILES string of the molecule is CC(=O)C(C(C)=O)[C@@H](/C=C/c1ccc(C)cc1)c1ccc(C)cc1. The third-order valence-electron chi connectivity index (χ3n) is 4.27. The number of hydrogen-bond acceptors (Lipinski definition) is 2. The van der Waals surface area contributed by atoms with Crippen LogP contribution < -0.4 is 0 Å². The Morgan fingerprint density at radius 3 is 1.71 bits per heavy atom. The molecule has 0 radical (unpaired) electrons. The van der Waals surface area contributed by atoms with Gasteiger partial charge in [-0.3, -0.25) is 9.59 Å². The summed E-state index contributed by atoms with van der Waals surface area (Å²) in [7, 11) is 0. The van der Waals surface area contributed by atoms with Gasteiger partial charge in [0, 0.05) is 5.92 Å². The largest absolute Gasteiger partial charge is 0.299 e. The van der Waals surface area contributed by atoms with Crippen LogP contribution in [-0.4, -0.2) is 11.6 Å². The molecular formula is C22H24O2. The summed E-state index contributed by atoms with van der Waals surface area (Å²) in [5, 5.41) is 0. The minimum atomic E-state index is -0.644. The van der Waals surface area contributed by atoms with Crippen molar-refractivity contribution in [2.24, 2.45) is 5.92 Å². The van der Waals surface area contributed by atoms with E-state index in [1.54, 1.807) is 0 Å². The molecule has 2 rings (SSSR count). The average Bonchev–Trinajstić information content (AvgIpc) is 2.53. The normalized spacial score (nSPS) is 12.5. The first kappa shape index (κ1) is 17.9. The first-order valence-electron chi connectivity index (χ1n) is 8.21. The molecule has 2 aromatic carbocycles. The molecule has 1 atom stereocenters. The summed E-state index contributed by atoms with van der Waals surface area (Å²) < 4.78 is 0. The fourth-order valence-corrected chi connectivity index (χ4v) is 2.89. The van der Waals surface area contributed by atoms with E-state index in [-0.39, 0.29) is 17.5 Å². The van der Waals surface area contributed by atoms with Gasteiger partial charge in [0.1, 0.15) is 11.6 Å². The number of aryl methyl sites for hydroxylation is 2. The second-order valence-corrected chi connectivity index (χ2v) is 6.41. The van der Waals surface area contributed by atoms with Gasteiger partial charge in [0.05, 0.1) is 5.92 Å². The summed E-state index contributed by atoms with van der Waals surface area (Å²) in [5.41, 5.74) is 4.40. The number of carbonyl (C=O) groups is 2. The molecular weight excluding hydrogens is 296 g/mol. The third kappa shape index (κ3) is 4.51. The summed E-state index contributed by atoms with van der Waals surface area (Å²) in [4.78, 5) is 24.1. The van der Waals surface area contributed by atoms with Crippen LogP contribution in [0.4, 0.5) is 0 Å². The van der Waals surface area contributed by atoms with Crippen LogP contribution in [0.1, 0.15) is 42.0 Å². The Morgan fingerprint density at radius 2 is 1.25 bits per heavy atom. The van der Waals surface area contributed by atoms with E-state index in [2.05, 4.69) is 0 Å². The summed E-state index contributed by atoms with van der Waals surface area (Å²) in [6.45, 7) is 7.05. The van der Waals surface area contributed by atoms with E-state index in [9.17, 15) is 9.59 Å². The monoisotopic (exact) mass is 320 g/mol. The average molecular weight is 320 g/mol. The van der Waals surface area contributed by atoms with Gasteiger partial charge in [-0.05, 0) is 38.8 Å². The fourth-order valence-electron chi connectivity index (χ4n) is 2.89. The molecule has 0 amide bonds. The van der Waals surface area contributed by atoms with Crippen molar-refractivity contribution in [1.82, 2.24) is 0 Å². The lowest BCUT2D eigenvalue weighted by molar-refractivity contribution is -0.130. The van der Waals surface area contributed by atoms with Gasteiger partial charge in [-0.25, -0.2) is 0 Å². The Bertz CT molecular complexity index is 723. The summed E-state index contributed by atoms with van der Waals surface area (Å²) in [5.74, 6) is -1.08. The fraction of sp³-hybridized carbons (Fsp3) is 0.273. The van der Waals surface area contributed by atoms with Crippen LogP contribution in [0.3, 0.4) is 0 Å². The lowest BCUT2D eigenvalue weighted by Crippen LogP contribution is -2.26. The van der Waals surface area contributed by atoms with Gasteiger partial charge in [-0.15, -0.1) is 0 Å².